The molecular weight excluding hydrogens is 214 g/mol. The predicted octanol–water partition coefficient (Wildman–Crippen LogP) is 2.79. The lowest BCUT2D eigenvalue weighted by molar-refractivity contribution is 0.111. The van der Waals surface area contributed by atoms with Crippen molar-refractivity contribution in [3.05, 3.63) is 11.4 Å². The van der Waals surface area contributed by atoms with Gasteiger partial charge in [-0.25, -0.2) is 4.68 Å². The molecule has 0 N–H and O–H groups in total. The Kier molecular flexibility index (Phi) is 3.92. The third kappa shape index (κ3) is 2.73. The first-order chi connectivity index (χ1) is 8.22. The van der Waals surface area contributed by atoms with Crippen LogP contribution in [0.2, 0.25) is 0 Å². The third-order valence-electron chi connectivity index (χ3n) is 3.56. The van der Waals surface area contributed by atoms with E-state index in [1.807, 2.05) is 4.68 Å². The second-order valence-electron chi connectivity index (χ2n) is 5.35. The molecule has 17 heavy (non-hydrogen) atoms. The smallest absolute Gasteiger partial charge is 0.172 e. The van der Waals surface area contributed by atoms with Gasteiger partial charge in [-0.15, -0.1) is 5.10 Å². The zero-order valence-electron chi connectivity index (χ0n) is 10.7. The quantitative estimate of drug-likeness (QED) is 0.737. The minimum Gasteiger partial charge on any atom is -0.296 e. The Bertz CT molecular complexity index is 378. The van der Waals surface area contributed by atoms with Gasteiger partial charge in [0.05, 0.1) is 11.7 Å². The minimum atomic E-state index is 0.471. The number of aldehydes is 1. The van der Waals surface area contributed by atoms with E-state index in [1.54, 1.807) is 0 Å². The molecule has 4 nitrogen and oxygen atoms in total. The van der Waals surface area contributed by atoms with Gasteiger partial charge in [-0.1, -0.05) is 31.9 Å². The normalized spacial score (nSPS) is 16.9. The van der Waals surface area contributed by atoms with Gasteiger partial charge < -0.3 is 0 Å². The van der Waals surface area contributed by atoms with Gasteiger partial charge in [-0.3, -0.25) is 4.79 Å². The van der Waals surface area contributed by atoms with Crippen molar-refractivity contribution in [1.29, 1.82) is 0 Å². The summed E-state index contributed by atoms with van der Waals surface area (Å²) in [6.07, 6.45) is 7.73. The van der Waals surface area contributed by atoms with Crippen molar-refractivity contribution in [3.63, 3.8) is 0 Å². The van der Waals surface area contributed by atoms with Gasteiger partial charge in [0.1, 0.15) is 5.69 Å². The van der Waals surface area contributed by atoms with Crippen LogP contribution < -0.4 is 0 Å². The van der Waals surface area contributed by atoms with Crippen molar-refractivity contribution in [3.8, 4) is 0 Å². The predicted molar refractivity (Wildman–Crippen MR) is 66.1 cm³/mol. The summed E-state index contributed by atoms with van der Waals surface area (Å²) in [6, 6.07) is 0.471. The van der Waals surface area contributed by atoms with E-state index in [0.29, 0.717) is 17.7 Å². The average molecular weight is 235 g/mol. The van der Waals surface area contributed by atoms with E-state index >= 15 is 0 Å². The van der Waals surface area contributed by atoms with E-state index in [2.05, 4.69) is 24.2 Å². The molecule has 1 aliphatic rings. The van der Waals surface area contributed by atoms with Crippen LogP contribution in [0.25, 0.3) is 0 Å². The molecule has 1 saturated carbocycles. The standard InChI is InChI=1S/C13H21N3O/c1-10(2)7-8-13-12(9-17)14-15-16(13)11-5-3-4-6-11/h9-11H,3-8H2,1-2H3. The van der Waals surface area contributed by atoms with Crippen molar-refractivity contribution in [2.24, 2.45) is 5.92 Å². The maximum Gasteiger partial charge on any atom is 0.172 e. The van der Waals surface area contributed by atoms with Gasteiger partial charge >= 0.3 is 0 Å². The Balaban J connectivity index is 2.18. The fraction of sp³-hybridized carbons (Fsp3) is 0.769. The first kappa shape index (κ1) is 12.3. The lowest BCUT2D eigenvalue weighted by Gasteiger charge is -2.13. The van der Waals surface area contributed by atoms with Crippen molar-refractivity contribution in [2.45, 2.75) is 58.4 Å². The Hall–Kier alpha value is -1.19. The van der Waals surface area contributed by atoms with Crippen molar-refractivity contribution >= 4 is 6.29 Å². The Labute approximate surface area is 102 Å². The highest BCUT2D eigenvalue weighted by molar-refractivity contribution is 5.73. The summed E-state index contributed by atoms with van der Waals surface area (Å²) in [5.74, 6) is 0.640. The molecule has 1 heterocycles. The van der Waals surface area contributed by atoms with Crippen LogP contribution in [0.5, 0.6) is 0 Å². The summed E-state index contributed by atoms with van der Waals surface area (Å²) < 4.78 is 2.01. The number of aromatic nitrogens is 3. The molecule has 0 spiro atoms. The summed E-state index contributed by atoms with van der Waals surface area (Å²) >= 11 is 0. The number of carbonyl (C=O) groups is 1. The molecule has 0 atom stereocenters. The number of nitrogens with zero attached hydrogens (tertiary/aromatic N) is 3. The Morgan fingerprint density at radius 1 is 1.41 bits per heavy atom. The van der Waals surface area contributed by atoms with Crippen LogP contribution in [0.1, 0.15) is 68.2 Å². The van der Waals surface area contributed by atoms with E-state index in [0.717, 1.165) is 24.8 Å². The lowest BCUT2D eigenvalue weighted by Crippen LogP contribution is -2.12. The minimum absolute atomic E-state index is 0.471. The van der Waals surface area contributed by atoms with Crippen LogP contribution in [0.15, 0.2) is 0 Å². The SMILES string of the molecule is CC(C)CCc1c(C=O)nnn1C1CCCC1. The van der Waals surface area contributed by atoms with Gasteiger partial charge in [0.15, 0.2) is 6.29 Å². The fourth-order valence-electron chi connectivity index (χ4n) is 2.53. The maximum absolute atomic E-state index is 11.0. The first-order valence-corrected chi connectivity index (χ1v) is 6.61. The Morgan fingerprint density at radius 3 is 2.71 bits per heavy atom. The second kappa shape index (κ2) is 5.43. The van der Waals surface area contributed by atoms with Crippen LogP contribution in [0.3, 0.4) is 0 Å². The summed E-state index contributed by atoms with van der Waals surface area (Å²) in [5, 5.41) is 8.18. The van der Waals surface area contributed by atoms with Crippen LogP contribution in [-0.2, 0) is 6.42 Å². The average Bonchev–Trinajstić information content (AvgIpc) is 2.94. The highest BCUT2D eigenvalue weighted by Gasteiger charge is 2.22. The highest BCUT2D eigenvalue weighted by Crippen LogP contribution is 2.30. The molecule has 4 heteroatoms. The van der Waals surface area contributed by atoms with E-state index in [-0.39, 0.29) is 0 Å². The van der Waals surface area contributed by atoms with Gasteiger partial charge in [0.25, 0.3) is 0 Å². The molecule has 0 radical (unpaired) electrons. The molecule has 2 rings (SSSR count). The molecule has 1 aliphatic carbocycles. The number of carbonyl (C=O) groups excluding carboxylic acids is 1. The van der Waals surface area contributed by atoms with Crippen LogP contribution >= 0.6 is 0 Å². The fourth-order valence-corrected chi connectivity index (χ4v) is 2.53. The van der Waals surface area contributed by atoms with Gasteiger partial charge in [-0.05, 0) is 31.6 Å². The maximum atomic E-state index is 11.0. The van der Waals surface area contributed by atoms with E-state index in [9.17, 15) is 4.79 Å². The molecular formula is C13H21N3O. The molecule has 0 aromatic carbocycles. The van der Waals surface area contributed by atoms with Crippen LogP contribution in [0, 0.1) is 5.92 Å². The van der Waals surface area contributed by atoms with Crippen LogP contribution in [-0.4, -0.2) is 21.3 Å². The number of hydrogen-bond donors (Lipinski definition) is 0. The van der Waals surface area contributed by atoms with E-state index in [1.165, 1.54) is 25.7 Å². The van der Waals surface area contributed by atoms with Crippen molar-refractivity contribution in [2.75, 3.05) is 0 Å². The number of rotatable bonds is 5. The third-order valence-corrected chi connectivity index (χ3v) is 3.56. The van der Waals surface area contributed by atoms with Crippen molar-refractivity contribution in [1.82, 2.24) is 15.0 Å². The first-order valence-electron chi connectivity index (χ1n) is 6.61. The summed E-state index contributed by atoms with van der Waals surface area (Å²) in [6.45, 7) is 4.40. The molecule has 0 saturated heterocycles. The topological polar surface area (TPSA) is 47.8 Å². The summed E-state index contributed by atoms with van der Waals surface area (Å²) in [5.41, 5.74) is 1.58. The molecule has 0 unspecified atom stereocenters. The Morgan fingerprint density at radius 2 is 2.12 bits per heavy atom. The monoisotopic (exact) mass is 235 g/mol. The van der Waals surface area contributed by atoms with Gasteiger partial charge in [0, 0.05) is 0 Å². The summed E-state index contributed by atoms with van der Waals surface area (Å²) in [7, 11) is 0. The zero-order chi connectivity index (χ0) is 12.3. The van der Waals surface area contributed by atoms with Gasteiger partial charge in [0.2, 0.25) is 0 Å². The summed E-state index contributed by atoms with van der Waals surface area (Å²) in [4.78, 5) is 11.0. The molecule has 1 fully saturated rings. The molecule has 94 valence electrons. The molecule has 1 aromatic heterocycles. The van der Waals surface area contributed by atoms with E-state index in [4.69, 9.17) is 0 Å². The van der Waals surface area contributed by atoms with Crippen molar-refractivity contribution < 1.29 is 4.79 Å². The highest BCUT2D eigenvalue weighted by atomic mass is 16.1. The second-order valence-corrected chi connectivity index (χ2v) is 5.35. The van der Waals surface area contributed by atoms with Gasteiger partial charge in [-0.2, -0.15) is 0 Å². The zero-order valence-corrected chi connectivity index (χ0v) is 10.7. The van der Waals surface area contributed by atoms with E-state index < -0.39 is 0 Å². The lowest BCUT2D eigenvalue weighted by atomic mass is 10.0. The number of hydrogen-bond acceptors (Lipinski definition) is 3. The molecule has 0 aliphatic heterocycles. The van der Waals surface area contributed by atoms with Crippen LogP contribution in [0.4, 0.5) is 0 Å². The molecule has 0 amide bonds. The molecule has 0 bridgehead atoms. The molecule has 1 aromatic rings. The largest absolute Gasteiger partial charge is 0.296 e.